The summed E-state index contributed by atoms with van der Waals surface area (Å²) in [6, 6.07) is 15.9. The van der Waals surface area contributed by atoms with E-state index in [1.54, 1.807) is 0 Å². The van der Waals surface area contributed by atoms with Crippen molar-refractivity contribution in [1.82, 2.24) is 0 Å². The van der Waals surface area contributed by atoms with E-state index in [9.17, 15) is 5.11 Å². The second-order valence-electron chi connectivity index (χ2n) is 5.87. The van der Waals surface area contributed by atoms with E-state index in [-0.39, 0.29) is 6.10 Å². The number of aliphatic hydroxyl groups is 1. The van der Waals surface area contributed by atoms with Crippen molar-refractivity contribution >= 4 is 0 Å². The second-order valence-corrected chi connectivity index (χ2v) is 5.87. The smallest absolute Gasteiger partial charge is 0.126 e. The summed E-state index contributed by atoms with van der Waals surface area (Å²) in [6.07, 6.45) is -0.932. The molecule has 0 saturated carbocycles. The molecular formula is C19H24O2. The van der Waals surface area contributed by atoms with Gasteiger partial charge in [0.1, 0.15) is 18.0 Å². The van der Waals surface area contributed by atoms with Gasteiger partial charge in [0.05, 0.1) is 0 Å². The van der Waals surface area contributed by atoms with Gasteiger partial charge in [0.25, 0.3) is 0 Å². The minimum Gasteiger partial charge on any atom is -0.487 e. The molecule has 0 bridgehead atoms. The lowest BCUT2D eigenvalue weighted by Crippen LogP contribution is -2.22. The number of rotatable bonds is 5. The molecule has 0 aliphatic carbocycles. The van der Waals surface area contributed by atoms with Gasteiger partial charge in [-0.1, -0.05) is 61.9 Å². The predicted molar refractivity (Wildman–Crippen MR) is 86.8 cm³/mol. The molecule has 2 nitrogen and oxygen atoms in total. The third-order valence-corrected chi connectivity index (χ3v) is 3.72. The summed E-state index contributed by atoms with van der Waals surface area (Å²) >= 11 is 0. The van der Waals surface area contributed by atoms with Crippen LogP contribution in [-0.2, 0) is 0 Å². The van der Waals surface area contributed by atoms with Crippen molar-refractivity contribution in [3.63, 3.8) is 0 Å². The fourth-order valence-electron chi connectivity index (χ4n) is 2.36. The van der Waals surface area contributed by atoms with Gasteiger partial charge in [0.2, 0.25) is 0 Å². The molecule has 2 atom stereocenters. The number of benzene rings is 2. The molecule has 2 unspecified atom stereocenters. The van der Waals surface area contributed by atoms with Crippen molar-refractivity contribution in [3.05, 3.63) is 65.2 Å². The van der Waals surface area contributed by atoms with Gasteiger partial charge < -0.3 is 9.84 Å². The van der Waals surface area contributed by atoms with Gasteiger partial charge in [0, 0.05) is 0 Å². The average Bonchev–Trinajstić information content (AvgIpc) is 2.47. The molecule has 0 spiro atoms. The van der Waals surface area contributed by atoms with Crippen LogP contribution in [0, 0.1) is 6.92 Å². The van der Waals surface area contributed by atoms with Gasteiger partial charge in [-0.2, -0.15) is 0 Å². The Balaban J connectivity index is 2.14. The van der Waals surface area contributed by atoms with Crippen LogP contribution in [0.4, 0.5) is 0 Å². The zero-order valence-electron chi connectivity index (χ0n) is 13.2. The van der Waals surface area contributed by atoms with Crippen LogP contribution < -0.4 is 4.74 Å². The van der Waals surface area contributed by atoms with Gasteiger partial charge in [0.15, 0.2) is 0 Å². The van der Waals surface area contributed by atoms with Gasteiger partial charge in [-0.3, -0.25) is 0 Å². The molecule has 2 heteroatoms. The lowest BCUT2D eigenvalue weighted by atomic mass is 10.0. The third-order valence-electron chi connectivity index (χ3n) is 3.72. The monoisotopic (exact) mass is 284 g/mol. The minimum atomic E-state index is -0.634. The maximum Gasteiger partial charge on any atom is 0.126 e. The zero-order valence-corrected chi connectivity index (χ0v) is 13.2. The number of aryl methyl sites for hydroxylation is 1. The van der Waals surface area contributed by atoms with E-state index in [1.165, 1.54) is 11.1 Å². The van der Waals surface area contributed by atoms with Crippen LogP contribution in [0.5, 0.6) is 5.75 Å². The standard InChI is InChI=1S/C19H24O2/c1-13(2)17-7-5-6-8-18(17)21-15(4)19(20)16-11-9-14(3)10-12-16/h5-13,15,19-20H,1-4H3. The first-order chi connectivity index (χ1) is 9.99. The molecule has 2 aromatic rings. The van der Waals surface area contributed by atoms with Gasteiger partial charge in [-0.05, 0) is 37.0 Å². The Morgan fingerprint density at radius 2 is 1.52 bits per heavy atom. The molecule has 0 aromatic heterocycles. The average molecular weight is 284 g/mol. The third kappa shape index (κ3) is 3.85. The van der Waals surface area contributed by atoms with E-state index in [4.69, 9.17) is 4.74 Å². The van der Waals surface area contributed by atoms with Crippen molar-refractivity contribution < 1.29 is 9.84 Å². The number of ether oxygens (including phenoxy) is 1. The summed E-state index contributed by atoms with van der Waals surface area (Å²) in [5.41, 5.74) is 3.24. The van der Waals surface area contributed by atoms with Gasteiger partial charge >= 0.3 is 0 Å². The lowest BCUT2D eigenvalue weighted by Gasteiger charge is -2.23. The Morgan fingerprint density at radius 1 is 0.905 bits per heavy atom. The van der Waals surface area contributed by atoms with Crippen molar-refractivity contribution in [2.75, 3.05) is 0 Å². The summed E-state index contributed by atoms with van der Waals surface area (Å²) in [6.45, 7) is 8.23. The Kier molecular flexibility index (Phi) is 5.03. The fourth-order valence-corrected chi connectivity index (χ4v) is 2.36. The molecule has 112 valence electrons. The molecule has 0 aliphatic heterocycles. The van der Waals surface area contributed by atoms with E-state index in [0.29, 0.717) is 5.92 Å². The molecule has 0 amide bonds. The second kappa shape index (κ2) is 6.77. The van der Waals surface area contributed by atoms with E-state index in [2.05, 4.69) is 19.9 Å². The highest BCUT2D eigenvalue weighted by Gasteiger charge is 2.19. The lowest BCUT2D eigenvalue weighted by molar-refractivity contribution is 0.0460. The van der Waals surface area contributed by atoms with Crippen molar-refractivity contribution in [3.8, 4) is 5.75 Å². The van der Waals surface area contributed by atoms with Crippen molar-refractivity contribution in [2.24, 2.45) is 0 Å². The van der Waals surface area contributed by atoms with Gasteiger partial charge in [-0.25, -0.2) is 0 Å². The molecule has 1 N–H and O–H groups in total. The van der Waals surface area contributed by atoms with Crippen LogP contribution in [0.15, 0.2) is 48.5 Å². The Bertz CT molecular complexity index is 572. The highest BCUT2D eigenvalue weighted by molar-refractivity contribution is 5.36. The summed E-state index contributed by atoms with van der Waals surface area (Å²) < 4.78 is 6.00. The quantitative estimate of drug-likeness (QED) is 0.868. The first-order valence-electron chi connectivity index (χ1n) is 7.49. The number of hydrogen-bond donors (Lipinski definition) is 1. The molecule has 0 saturated heterocycles. The summed E-state index contributed by atoms with van der Waals surface area (Å²) in [5.74, 6) is 1.25. The molecule has 0 aliphatic rings. The van der Waals surface area contributed by atoms with Crippen molar-refractivity contribution in [2.45, 2.75) is 45.8 Å². The normalized spacial score (nSPS) is 14.0. The van der Waals surface area contributed by atoms with Crippen LogP contribution in [-0.4, -0.2) is 11.2 Å². The first kappa shape index (κ1) is 15.6. The summed E-state index contributed by atoms with van der Waals surface area (Å²) in [7, 11) is 0. The highest BCUT2D eigenvalue weighted by atomic mass is 16.5. The molecule has 0 radical (unpaired) electrons. The molecule has 2 rings (SSSR count). The fraction of sp³-hybridized carbons (Fsp3) is 0.368. The first-order valence-corrected chi connectivity index (χ1v) is 7.49. The Labute approximate surface area is 127 Å². The molecule has 2 aromatic carbocycles. The maximum atomic E-state index is 10.4. The summed E-state index contributed by atoms with van der Waals surface area (Å²) in [5, 5.41) is 10.4. The van der Waals surface area contributed by atoms with Crippen LogP contribution in [0.1, 0.15) is 49.5 Å². The minimum absolute atomic E-state index is 0.299. The highest BCUT2D eigenvalue weighted by Crippen LogP contribution is 2.29. The predicted octanol–water partition coefficient (Wildman–Crippen LogP) is 4.62. The zero-order chi connectivity index (χ0) is 15.4. The van der Waals surface area contributed by atoms with Crippen LogP contribution in [0.3, 0.4) is 0 Å². The topological polar surface area (TPSA) is 29.5 Å². The van der Waals surface area contributed by atoms with E-state index in [0.717, 1.165) is 11.3 Å². The molecule has 0 fully saturated rings. The summed E-state index contributed by atoms with van der Waals surface area (Å²) in [4.78, 5) is 0. The van der Waals surface area contributed by atoms with Crippen LogP contribution in [0.2, 0.25) is 0 Å². The van der Waals surface area contributed by atoms with Crippen LogP contribution >= 0.6 is 0 Å². The van der Waals surface area contributed by atoms with Crippen molar-refractivity contribution in [1.29, 1.82) is 0 Å². The van der Waals surface area contributed by atoms with E-state index in [1.807, 2.05) is 56.3 Å². The van der Waals surface area contributed by atoms with E-state index >= 15 is 0 Å². The largest absolute Gasteiger partial charge is 0.487 e. The van der Waals surface area contributed by atoms with E-state index < -0.39 is 6.10 Å². The number of hydrogen-bond acceptors (Lipinski definition) is 2. The SMILES string of the molecule is Cc1ccc(C(O)C(C)Oc2ccccc2C(C)C)cc1. The molecule has 21 heavy (non-hydrogen) atoms. The molecular weight excluding hydrogens is 260 g/mol. The maximum absolute atomic E-state index is 10.4. The number of aliphatic hydroxyl groups excluding tert-OH is 1. The number of para-hydroxylation sites is 1. The van der Waals surface area contributed by atoms with Crippen LogP contribution in [0.25, 0.3) is 0 Å². The molecule has 0 heterocycles. The Morgan fingerprint density at radius 3 is 2.14 bits per heavy atom. The Hall–Kier alpha value is -1.80. The van der Waals surface area contributed by atoms with Gasteiger partial charge in [-0.15, -0.1) is 0 Å².